The Balaban J connectivity index is 0.000000452. The molecule has 0 saturated heterocycles. The molecule has 0 aromatic heterocycles. The van der Waals surface area contributed by atoms with Gasteiger partial charge in [-0.2, -0.15) is 6.07 Å². The van der Waals surface area contributed by atoms with Crippen LogP contribution in [-0.4, -0.2) is 0 Å². The number of hydrogen-bond donors (Lipinski definition) is 0. The summed E-state index contributed by atoms with van der Waals surface area (Å²) in [6, 6.07) is 21.8. The van der Waals surface area contributed by atoms with Crippen LogP contribution in [0, 0.1) is 0 Å². The van der Waals surface area contributed by atoms with E-state index >= 15 is 0 Å². The molecule has 0 aliphatic heterocycles. The van der Waals surface area contributed by atoms with Crippen LogP contribution in [0.2, 0.25) is 0 Å². The van der Waals surface area contributed by atoms with Gasteiger partial charge in [-0.1, -0.05) is 48.9 Å². The second-order valence-corrected chi connectivity index (χ2v) is 8.19. The summed E-state index contributed by atoms with van der Waals surface area (Å²) >= 11 is -0.826. The average molecular weight is 381 g/mol. The van der Waals surface area contributed by atoms with Gasteiger partial charge in [0.15, 0.2) is 0 Å². The first-order chi connectivity index (χ1) is 9.80. The average Bonchev–Trinajstić information content (AvgIpc) is 2.92. The Morgan fingerprint density at radius 3 is 2.35 bits per heavy atom. The predicted molar refractivity (Wildman–Crippen MR) is 86.1 cm³/mol. The van der Waals surface area contributed by atoms with Crippen molar-refractivity contribution < 1.29 is 20.8 Å². The first kappa shape index (κ1) is 15.9. The van der Waals surface area contributed by atoms with E-state index in [1.807, 2.05) is 0 Å². The van der Waals surface area contributed by atoms with Gasteiger partial charge in [0.1, 0.15) is 0 Å². The Bertz CT molecular complexity index is 659. The molecule has 0 nitrogen and oxygen atoms in total. The normalized spacial score (nSPS) is 9.95. The van der Waals surface area contributed by atoms with Crippen molar-refractivity contribution in [2.24, 2.45) is 0 Å². The molecule has 0 heterocycles. The van der Waals surface area contributed by atoms with Crippen molar-refractivity contribution in [1.82, 2.24) is 0 Å². The van der Waals surface area contributed by atoms with Gasteiger partial charge in [-0.25, -0.2) is 0 Å². The third-order valence-electron chi connectivity index (χ3n) is 3.30. The first-order valence-electron chi connectivity index (χ1n) is 6.50. The summed E-state index contributed by atoms with van der Waals surface area (Å²) in [7, 11) is 9.87. The SMILES string of the molecule is CCc1cc2c(-c3ccccc3)cccc2[cH-]1.[Cl][Zr][Cl]. The summed E-state index contributed by atoms with van der Waals surface area (Å²) < 4.78 is 0. The van der Waals surface area contributed by atoms with Gasteiger partial charge in [-0.3, -0.25) is 0 Å². The van der Waals surface area contributed by atoms with E-state index in [2.05, 4.69) is 67.6 Å². The van der Waals surface area contributed by atoms with E-state index < -0.39 is 20.8 Å². The molecule has 3 aromatic carbocycles. The number of halogens is 2. The molecule has 3 rings (SSSR count). The van der Waals surface area contributed by atoms with Gasteiger partial charge in [0.2, 0.25) is 0 Å². The Kier molecular flexibility index (Phi) is 6.42. The van der Waals surface area contributed by atoms with Gasteiger partial charge in [0.05, 0.1) is 0 Å². The summed E-state index contributed by atoms with van der Waals surface area (Å²) in [4.78, 5) is 0. The zero-order valence-corrected chi connectivity index (χ0v) is 15.2. The Hall–Kier alpha value is -0.487. The van der Waals surface area contributed by atoms with Gasteiger partial charge >= 0.3 is 37.9 Å². The Morgan fingerprint density at radius 2 is 1.70 bits per heavy atom. The van der Waals surface area contributed by atoms with Gasteiger partial charge < -0.3 is 0 Å². The van der Waals surface area contributed by atoms with Crippen LogP contribution in [-0.2, 0) is 27.3 Å². The van der Waals surface area contributed by atoms with E-state index in [1.54, 1.807) is 0 Å². The second-order valence-electron chi connectivity index (χ2n) is 4.46. The van der Waals surface area contributed by atoms with Crippen molar-refractivity contribution in [3.63, 3.8) is 0 Å². The molecule has 0 fully saturated rings. The maximum absolute atomic E-state index is 4.93. The monoisotopic (exact) mass is 379 g/mol. The van der Waals surface area contributed by atoms with Crippen LogP contribution >= 0.6 is 17.0 Å². The quantitative estimate of drug-likeness (QED) is 0.466. The molecular weight excluding hydrogens is 366 g/mol. The maximum atomic E-state index is 4.93. The summed E-state index contributed by atoms with van der Waals surface area (Å²) in [5, 5.41) is 2.72. The van der Waals surface area contributed by atoms with E-state index in [9.17, 15) is 0 Å². The Morgan fingerprint density at radius 1 is 1.00 bits per heavy atom. The van der Waals surface area contributed by atoms with E-state index in [-0.39, 0.29) is 0 Å². The van der Waals surface area contributed by atoms with E-state index in [4.69, 9.17) is 17.0 Å². The number of fused-ring (bicyclic) bond motifs is 1. The van der Waals surface area contributed by atoms with Crippen molar-refractivity contribution in [3.8, 4) is 11.1 Å². The molecule has 0 N–H and O–H groups in total. The van der Waals surface area contributed by atoms with Crippen molar-refractivity contribution in [2.45, 2.75) is 13.3 Å². The van der Waals surface area contributed by atoms with Gasteiger partial charge in [-0.05, 0) is 12.0 Å². The van der Waals surface area contributed by atoms with E-state index in [1.165, 1.54) is 27.5 Å². The molecule has 0 unspecified atom stereocenters. The number of benzene rings is 2. The zero-order valence-electron chi connectivity index (χ0n) is 11.2. The van der Waals surface area contributed by atoms with Crippen molar-refractivity contribution in [2.75, 3.05) is 0 Å². The molecule has 0 aliphatic rings. The minimum absolute atomic E-state index is 0.826. The van der Waals surface area contributed by atoms with Gasteiger partial charge in [-0.15, -0.1) is 34.5 Å². The van der Waals surface area contributed by atoms with Crippen molar-refractivity contribution in [3.05, 3.63) is 66.2 Å². The molecule has 0 radical (unpaired) electrons. The van der Waals surface area contributed by atoms with Crippen LogP contribution in [0.5, 0.6) is 0 Å². The fraction of sp³-hybridized carbons (Fsp3) is 0.118. The summed E-state index contributed by atoms with van der Waals surface area (Å²) in [6.07, 6.45) is 1.10. The molecule has 3 aromatic rings. The molecule has 102 valence electrons. The second kappa shape index (κ2) is 8.08. The van der Waals surface area contributed by atoms with Crippen LogP contribution in [0.15, 0.2) is 60.7 Å². The van der Waals surface area contributed by atoms with E-state index in [0.717, 1.165) is 6.42 Å². The summed E-state index contributed by atoms with van der Waals surface area (Å²) in [6.45, 7) is 2.20. The molecule has 0 aliphatic carbocycles. The van der Waals surface area contributed by atoms with Crippen LogP contribution in [0.3, 0.4) is 0 Å². The zero-order chi connectivity index (χ0) is 14.4. The van der Waals surface area contributed by atoms with Crippen molar-refractivity contribution in [1.29, 1.82) is 0 Å². The van der Waals surface area contributed by atoms with Crippen LogP contribution in [0.1, 0.15) is 12.5 Å². The third kappa shape index (κ3) is 3.79. The molecule has 0 bridgehead atoms. The fourth-order valence-electron chi connectivity index (χ4n) is 2.37. The third-order valence-corrected chi connectivity index (χ3v) is 3.30. The molecule has 3 heteroatoms. The first-order valence-corrected chi connectivity index (χ1v) is 12.8. The molecule has 0 atom stereocenters. The number of aryl methyl sites for hydroxylation is 1. The Labute approximate surface area is 138 Å². The molecule has 0 saturated carbocycles. The van der Waals surface area contributed by atoms with Crippen molar-refractivity contribution >= 4 is 27.8 Å². The van der Waals surface area contributed by atoms with Crippen LogP contribution in [0.4, 0.5) is 0 Å². The van der Waals surface area contributed by atoms with Crippen LogP contribution in [0.25, 0.3) is 21.9 Å². The molecule has 20 heavy (non-hydrogen) atoms. The predicted octanol–water partition coefficient (Wildman–Crippen LogP) is 6.16. The molecular formula is C17H15Cl2Zr-. The van der Waals surface area contributed by atoms with E-state index in [0.29, 0.717) is 0 Å². The molecule has 0 spiro atoms. The molecule has 0 amide bonds. The number of rotatable bonds is 2. The van der Waals surface area contributed by atoms with Crippen LogP contribution < -0.4 is 0 Å². The minimum atomic E-state index is -0.826. The topological polar surface area (TPSA) is 0 Å². The summed E-state index contributed by atoms with van der Waals surface area (Å²) in [5.74, 6) is 0. The summed E-state index contributed by atoms with van der Waals surface area (Å²) in [5.41, 5.74) is 4.05. The number of hydrogen-bond acceptors (Lipinski definition) is 0. The van der Waals surface area contributed by atoms with Gasteiger partial charge in [0, 0.05) is 0 Å². The fourth-order valence-corrected chi connectivity index (χ4v) is 2.37. The standard InChI is InChI=1S/C17H15.2ClH.Zr/c1-2-13-11-15-9-6-10-16(17(15)12-13)14-7-4-3-5-8-14;;;/h3-12H,2H2,1H3;2*1H;/q-1;;;+2/p-2. The van der Waals surface area contributed by atoms with Gasteiger partial charge in [0.25, 0.3) is 0 Å².